The molecule has 2 aromatic carbocycles. The molecule has 110 valence electrons. The molecule has 0 bridgehead atoms. The molecule has 3 rings (SSSR count). The molecular formula is C16H12BrN3O2. The number of benzene rings is 2. The second-order valence-electron chi connectivity index (χ2n) is 4.61. The van der Waals surface area contributed by atoms with Crippen molar-refractivity contribution in [3.63, 3.8) is 0 Å². The van der Waals surface area contributed by atoms with Gasteiger partial charge in [-0.3, -0.25) is 0 Å². The lowest BCUT2D eigenvalue weighted by molar-refractivity contribution is 0.0727. The van der Waals surface area contributed by atoms with E-state index in [0.717, 1.165) is 10.2 Å². The Morgan fingerprint density at radius 2 is 1.77 bits per heavy atom. The Bertz CT molecular complexity index is 798. The van der Waals surface area contributed by atoms with Gasteiger partial charge in [0.1, 0.15) is 5.75 Å². The second-order valence-corrected chi connectivity index (χ2v) is 5.53. The maximum atomic E-state index is 12.2. The minimum Gasteiger partial charge on any atom is -0.422 e. The molecule has 1 heterocycles. The predicted octanol–water partition coefficient (Wildman–Crippen LogP) is 3.56. The molecular weight excluding hydrogens is 346 g/mol. The monoisotopic (exact) mass is 357 g/mol. The van der Waals surface area contributed by atoms with Gasteiger partial charge in [-0.2, -0.15) is 0 Å². The van der Waals surface area contributed by atoms with Crippen LogP contribution in [0.5, 0.6) is 5.75 Å². The molecule has 0 saturated carbocycles. The van der Waals surface area contributed by atoms with Gasteiger partial charge >= 0.3 is 5.97 Å². The summed E-state index contributed by atoms with van der Waals surface area (Å²) >= 11 is 3.38. The molecule has 22 heavy (non-hydrogen) atoms. The molecule has 0 amide bonds. The lowest BCUT2D eigenvalue weighted by Gasteiger charge is -2.04. The third-order valence-corrected chi connectivity index (χ3v) is 3.64. The highest BCUT2D eigenvalue weighted by Gasteiger charge is 2.19. The Kier molecular flexibility index (Phi) is 4.02. The summed E-state index contributed by atoms with van der Waals surface area (Å²) < 4.78 is 7.86. The Balaban J connectivity index is 1.87. The molecule has 0 fully saturated rings. The second kappa shape index (κ2) is 6.11. The summed E-state index contributed by atoms with van der Waals surface area (Å²) in [5, 5.41) is 7.97. The average molecular weight is 358 g/mol. The number of halogens is 1. The fraction of sp³-hybridized carbons (Fsp3) is 0.0625. The van der Waals surface area contributed by atoms with Crippen LogP contribution in [0.3, 0.4) is 0 Å². The molecule has 1 aromatic heterocycles. The van der Waals surface area contributed by atoms with E-state index in [1.54, 1.807) is 35.9 Å². The van der Waals surface area contributed by atoms with Crippen molar-refractivity contribution < 1.29 is 9.53 Å². The van der Waals surface area contributed by atoms with E-state index in [9.17, 15) is 4.79 Å². The third-order valence-electron chi connectivity index (χ3n) is 3.11. The van der Waals surface area contributed by atoms with Crippen LogP contribution in [0.15, 0.2) is 59.1 Å². The summed E-state index contributed by atoms with van der Waals surface area (Å²) in [4.78, 5) is 12.2. The van der Waals surface area contributed by atoms with E-state index >= 15 is 0 Å². The van der Waals surface area contributed by atoms with E-state index in [-0.39, 0.29) is 5.69 Å². The zero-order chi connectivity index (χ0) is 15.5. The van der Waals surface area contributed by atoms with Crippen LogP contribution in [0.25, 0.3) is 5.69 Å². The Labute approximate surface area is 135 Å². The minimum atomic E-state index is -0.521. The van der Waals surface area contributed by atoms with Gasteiger partial charge in [-0.25, -0.2) is 9.48 Å². The molecule has 0 radical (unpaired) electrons. The topological polar surface area (TPSA) is 57.0 Å². The van der Waals surface area contributed by atoms with Gasteiger partial charge in [0, 0.05) is 4.47 Å². The van der Waals surface area contributed by atoms with Crippen molar-refractivity contribution in [2.45, 2.75) is 6.92 Å². The Hall–Kier alpha value is -2.47. The first kappa shape index (κ1) is 14.5. The van der Waals surface area contributed by atoms with Gasteiger partial charge in [-0.15, -0.1) is 5.10 Å². The quantitative estimate of drug-likeness (QED) is 0.531. The van der Waals surface area contributed by atoms with Crippen LogP contribution in [0, 0.1) is 6.92 Å². The molecule has 0 aliphatic carbocycles. The van der Waals surface area contributed by atoms with Crippen LogP contribution in [0.2, 0.25) is 0 Å². The average Bonchev–Trinajstić information content (AvgIpc) is 2.91. The maximum absolute atomic E-state index is 12.2. The van der Waals surface area contributed by atoms with Crippen molar-refractivity contribution in [3.8, 4) is 11.4 Å². The van der Waals surface area contributed by atoms with Crippen LogP contribution < -0.4 is 4.74 Å². The number of hydrogen-bond donors (Lipinski definition) is 0. The summed E-state index contributed by atoms with van der Waals surface area (Å²) in [6.45, 7) is 1.78. The summed E-state index contributed by atoms with van der Waals surface area (Å²) in [5.74, 6) is -0.0443. The molecule has 0 saturated heterocycles. The number of nitrogens with zero attached hydrogens (tertiary/aromatic N) is 3. The summed E-state index contributed by atoms with van der Waals surface area (Å²) in [6.07, 6.45) is 0. The van der Waals surface area contributed by atoms with Gasteiger partial charge in [0.05, 0.1) is 11.4 Å². The first-order valence-electron chi connectivity index (χ1n) is 6.60. The van der Waals surface area contributed by atoms with E-state index in [1.807, 2.05) is 30.3 Å². The van der Waals surface area contributed by atoms with E-state index in [1.165, 1.54) is 0 Å². The van der Waals surface area contributed by atoms with Gasteiger partial charge in [-0.1, -0.05) is 39.3 Å². The van der Waals surface area contributed by atoms with Crippen LogP contribution in [0.4, 0.5) is 0 Å². The van der Waals surface area contributed by atoms with E-state index in [2.05, 4.69) is 26.2 Å². The fourth-order valence-electron chi connectivity index (χ4n) is 1.99. The molecule has 0 atom stereocenters. The van der Waals surface area contributed by atoms with Gasteiger partial charge < -0.3 is 4.74 Å². The molecule has 0 aliphatic heterocycles. The van der Waals surface area contributed by atoms with Crippen molar-refractivity contribution in [2.75, 3.05) is 0 Å². The zero-order valence-corrected chi connectivity index (χ0v) is 13.3. The highest BCUT2D eigenvalue weighted by molar-refractivity contribution is 9.10. The molecule has 3 aromatic rings. The van der Waals surface area contributed by atoms with Crippen molar-refractivity contribution in [2.24, 2.45) is 0 Å². The molecule has 0 aliphatic rings. The molecule has 0 N–H and O–H groups in total. The van der Waals surface area contributed by atoms with Crippen LogP contribution in [-0.2, 0) is 0 Å². The lowest BCUT2D eigenvalue weighted by Crippen LogP contribution is -2.11. The normalized spacial score (nSPS) is 10.5. The van der Waals surface area contributed by atoms with Crippen LogP contribution in [0.1, 0.15) is 16.2 Å². The van der Waals surface area contributed by atoms with E-state index in [4.69, 9.17) is 4.74 Å². The van der Waals surface area contributed by atoms with Crippen molar-refractivity contribution in [3.05, 3.63) is 70.5 Å². The van der Waals surface area contributed by atoms with Gasteiger partial charge in [0.15, 0.2) is 5.69 Å². The number of hydrogen-bond acceptors (Lipinski definition) is 4. The largest absolute Gasteiger partial charge is 0.422 e. The maximum Gasteiger partial charge on any atom is 0.366 e. The van der Waals surface area contributed by atoms with Crippen LogP contribution >= 0.6 is 15.9 Å². The molecule has 5 nitrogen and oxygen atoms in total. The number of carbonyl (C=O) groups excluding carboxylic acids is 1. The minimum absolute atomic E-state index is 0.201. The number of ether oxygens (including phenoxy) is 1. The van der Waals surface area contributed by atoms with Gasteiger partial charge in [0.25, 0.3) is 0 Å². The fourth-order valence-corrected chi connectivity index (χ4v) is 2.25. The number of aromatic nitrogens is 3. The summed E-state index contributed by atoms with van der Waals surface area (Å²) in [6, 6.07) is 16.5. The molecule has 6 heteroatoms. The number of esters is 1. The highest BCUT2D eigenvalue weighted by Crippen LogP contribution is 2.17. The van der Waals surface area contributed by atoms with E-state index < -0.39 is 5.97 Å². The van der Waals surface area contributed by atoms with Crippen molar-refractivity contribution in [1.29, 1.82) is 0 Å². The third kappa shape index (κ3) is 2.92. The van der Waals surface area contributed by atoms with Crippen molar-refractivity contribution >= 4 is 21.9 Å². The first-order valence-corrected chi connectivity index (χ1v) is 7.40. The van der Waals surface area contributed by atoms with Crippen LogP contribution in [-0.4, -0.2) is 21.0 Å². The standard InChI is InChI=1S/C16H12BrN3O2/c1-11-15(16(21)22-14-5-3-2-4-6-14)18-19-20(11)13-9-7-12(17)8-10-13/h2-10H,1H3. The van der Waals surface area contributed by atoms with Crippen molar-refractivity contribution in [1.82, 2.24) is 15.0 Å². The SMILES string of the molecule is Cc1c(C(=O)Oc2ccccc2)nnn1-c1ccc(Br)cc1. The molecule has 0 spiro atoms. The lowest BCUT2D eigenvalue weighted by atomic mass is 10.3. The molecule has 0 unspecified atom stereocenters. The predicted molar refractivity (Wildman–Crippen MR) is 85.2 cm³/mol. The Morgan fingerprint density at radius 1 is 1.09 bits per heavy atom. The van der Waals surface area contributed by atoms with Gasteiger partial charge in [0.2, 0.25) is 0 Å². The summed E-state index contributed by atoms with van der Waals surface area (Å²) in [5.41, 5.74) is 1.65. The van der Waals surface area contributed by atoms with E-state index in [0.29, 0.717) is 11.4 Å². The summed E-state index contributed by atoms with van der Waals surface area (Å²) in [7, 11) is 0. The zero-order valence-electron chi connectivity index (χ0n) is 11.7. The number of para-hydroxylation sites is 1. The first-order chi connectivity index (χ1) is 10.6. The Morgan fingerprint density at radius 3 is 2.45 bits per heavy atom. The van der Waals surface area contributed by atoms with Gasteiger partial charge in [-0.05, 0) is 43.3 Å². The highest BCUT2D eigenvalue weighted by atomic mass is 79.9. The number of rotatable bonds is 3. The number of carbonyl (C=O) groups is 1. The smallest absolute Gasteiger partial charge is 0.366 e.